The Balaban J connectivity index is 2.80. The molecule has 0 fully saturated rings. The molecule has 0 spiro atoms. The van der Waals surface area contributed by atoms with Gasteiger partial charge in [-0.2, -0.15) is 0 Å². The van der Waals surface area contributed by atoms with Crippen LogP contribution in [0.5, 0.6) is 11.5 Å². The number of para-hydroxylation sites is 1. The summed E-state index contributed by atoms with van der Waals surface area (Å²) < 4.78 is 5.15. The highest BCUT2D eigenvalue weighted by Gasteiger charge is 2.12. The zero-order chi connectivity index (χ0) is 11.7. The Kier molecular flexibility index (Phi) is 2.48. The van der Waals surface area contributed by atoms with Crippen LogP contribution in [-0.4, -0.2) is 23.0 Å². The van der Waals surface area contributed by atoms with Gasteiger partial charge in [0.05, 0.1) is 7.11 Å². The van der Waals surface area contributed by atoms with Crippen molar-refractivity contribution in [2.75, 3.05) is 7.11 Å². The van der Waals surface area contributed by atoms with Crippen molar-refractivity contribution in [3.63, 3.8) is 0 Å². The number of hydrogen-bond acceptors (Lipinski definition) is 4. The molecule has 0 amide bonds. The normalized spacial score (nSPS) is 10.4. The minimum Gasteiger partial charge on any atom is -0.506 e. The number of carbonyl (C=O) groups is 1. The van der Waals surface area contributed by atoms with E-state index in [1.165, 1.54) is 20.1 Å². The van der Waals surface area contributed by atoms with E-state index in [-0.39, 0.29) is 17.2 Å². The molecule has 0 unspecified atom stereocenters. The molecule has 1 heterocycles. The van der Waals surface area contributed by atoms with Crippen LogP contribution < -0.4 is 4.74 Å². The fourth-order valence-corrected chi connectivity index (χ4v) is 1.58. The fourth-order valence-electron chi connectivity index (χ4n) is 1.58. The second kappa shape index (κ2) is 3.81. The molecule has 2 aromatic rings. The molecular weight excluding hydrogens is 206 g/mol. The van der Waals surface area contributed by atoms with Crippen molar-refractivity contribution in [3.8, 4) is 11.5 Å². The van der Waals surface area contributed by atoms with Gasteiger partial charge in [-0.25, -0.2) is 4.98 Å². The van der Waals surface area contributed by atoms with Crippen LogP contribution in [0.4, 0.5) is 0 Å². The van der Waals surface area contributed by atoms with Crippen molar-refractivity contribution in [2.24, 2.45) is 0 Å². The molecule has 1 aromatic carbocycles. The summed E-state index contributed by atoms with van der Waals surface area (Å²) in [4.78, 5) is 15.4. The minimum atomic E-state index is -0.273. The number of aromatic nitrogens is 1. The first-order valence-corrected chi connectivity index (χ1v) is 4.81. The monoisotopic (exact) mass is 217 g/mol. The molecular formula is C12H11NO3. The van der Waals surface area contributed by atoms with Gasteiger partial charge in [0, 0.05) is 12.3 Å². The summed E-state index contributed by atoms with van der Waals surface area (Å²) >= 11 is 0. The summed E-state index contributed by atoms with van der Waals surface area (Å²) in [5.74, 6) is 0.207. The van der Waals surface area contributed by atoms with E-state index in [2.05, 4.69) is 4.98 Å². The molecule has 0 bridgehead atoms. The number of nitrogens with zero attached hydrogens (tertiary/aromatic N) is 1. The van der Waals surface area contributed by atoms with Crippen LogP contribution in [0, 0.1) is 0 Å². The summed E-state index contributed by atoms with van der Waals surface area (Å²) in [6.07, 6.45) is 0. The number of fused-ring (bicyclic) bond motifs is 1. The Morgan fingerprint density at radius 3 is 2.81 bits per heavy atom. The van der Waals surface area contributed by atoms with Gasteiger partial charge >= 0.3 is 0 Å². The molecule has 0 atom stereocenters. The van der Waals surface area contributed by atoms with Crippen LogP contribution in [0.1, 0.15) is 17.4 Å². The Labute approximate surface area is 92.5 Å². The van der Waals surface area contributed by atoms with E-state index in [1.54, 1.807) is 18.2 Å². The lowest BCUT2D eigenvalue weighted by atomic mass is 10.1. The van der Waals surface area contributed by atoms with Crippen LogP contribution >= 0.6 is 0 Å². The average molecular weight is 217 g/mol. The predicted molar refractivity (Wildman–Crippen MR) is 60.0 cm³/mol. The van der Waals surface area contributed by atoms with Gasteiger partial charge in [0.25, 0.3) is 0 Å². The number of hydrogen-bond donors (Lipinski definition) is 1. The van der Waals surface area contributed by atoms with Gasteiger partial charge < -0.3 is 9.84 Å². The van der Waals surface area contributed by atoms with E-state index in [1.807, 2.05) is 0 Å². The molecule has 4 heteroatoms. The first kappa shape index (κ1) is 10.4. The average Bonchev–Trinajstić information content (AvgIpc) is 2.26. The van der Waals surface area contributed by atoms with Gasteiger partial charge in [0.2, 0.25) is 0 Å². The minimum absolute atomic E-state index is 0.0667. The maximum atomic E-state index is 11.2. The molecule has 16 heavy (non-hydrogen) atoms. The van der Waals surface area contributed by atoms with Gasteiger partial charge in [-0.05, 0) is 12.1 Å². The Bertz CT molecular complexity index is 563. The molecule has 0 saturated carbocycles. The molecule has 0 aliphatic carbocycles. The van der Waals surface area contributed by atoms with Crippen molar-refractivity contribution in [2.45, 2.75) is 6.92 Å². The summed E-state index contributed by atoms with van der Waals surface area (Å²) in [6, 6.07) is 6.88. The van der Waals surface area contributed by atoms with E-state index in [0.29, 0.717) is 11.3 Å². The van der Waals surface area contributed by atoms with Gasteiger partial charge in [0.15, 0.2) is 5.78 Å². The maximum Gasteiger partial charge on any atom is 0.181 e. The van der Waals surface area contributed by atoms with E-state index < -0.39 is 0 Å². The summed E-state index contributed by atoms with van der Waals surface area (Å²) in [5.41, 5.74) is 0.644. The van der Waals surface area contributed by atoms with E-state index in [0.717, 1.165) is 5.39 Å². The Morgan fingerprint density at radius 2 is 2.19 bits per heavy atom. The van der Waals surface area contributed by atoms with Crippen LogP contribution in [0.15, 0.2) is 24.3 Å². The predicted octanol–water partition coefficient (Wildman–Crippen LogP) is 2.15. The number of ether oxygens (including phenoxy) is 1. The lowest BCUT2D eigenvalue weighted by Crippen LogP contribution is -1.98. The molecule has 82 valence electrons. The first-order chi connectivity index (χ1) is 7.63. The molecule has 0 aliphatic rings. The SMILES string of the molecule is COc1cccc2cc(O)c(C(C)=O)nc12. The highest BCUT2D eigenvalue weighted by molar-refractivity contribution is 5.98. The summed E-state index contributed by atoms with van der Waals surface area (Å²) in [6.45, 7) is 1.36. The molecule has 0 aliphatic heterocycles. The molecule has 0 saturated heterocycles. The molecule has 1 N–H and O–H groups in total. The van der Waals surface area contributed by atoms with E-state index >= 15 is 0 Å². The third-order valence-corrected chi connectivity index (χ3v) is 2.34. The number of aromatic hydroxyl groups is 1. The van der Waals surface area contributed by atoms with Crippen molar-refractivity contribution in [3.05, 3.63) is 30.0 Å². The highest BCUT2D eigenvalue weighted by atomic mass is 16.5. The van der Waals surface area contributed by atoms with Gasteiger partial charge in [0.1, 0.15) is 22.7 Å². The maximum absolute atomic E-state index is 11.2. The standard InChI is InChI=1S/C12H11NO3/c1-7(14)11-9(15)6-8-4-3-5-10(16-2)12(8)13-11/h3-6,15H,1-2H3. The second-order valence-electron chi connectivity index (χ2n) is 3.44. The largest absolute Gasteiger partial charge is 0.506 e. The number of ketones is 1. The van der Waals surface area contributed by atoms with Crippen LogP contribution in [0.2, 0.25) is 0 Å². The van der Waals surface area contributed by atoms with Gasteiger partial charge in [-0.1, -0.05) is 12.1 Å². The fraction of sp³-hybridized carbons (Fsp3) is 0.167. The number of methoxy groups -OCH3 is 1. The molecule has 0 radical (unpaired) electrons. The quantitative estimate of drug-likeness (QED) is 0.783. The van der Waals surface area contributed by atoms with Crippen molar-refractivity contribution >= 4 is 16.7 Å². The number of rotatable bonds is 2. The van der Waals surface area contributed by atoms with Gasteiger partial charge in [-0.15, -0.1) is 0 Å². The lowest BCUT2D eigenvalue weighted by molar-refractivity contribution is 0.101. The van der Waals surface area contributed by atoms with Crippen LogP contribution in [-0.2, 0) is 0 Å². The zero-order valence-corrected chi connectivity index (χ0v) is 9.02. The first-order valence-electron chi connectivity index (χ1n) is 4.81. The van der Waals surface area contributed by atoms with Gasteiger partial charge in [-0.3, -0.25) is 4.79 Å². The van der Waals surface area contributed by atoms with Crippen molar-refractivity contribution in [1.29, 1.82) is 0 Å². The molecule has 1 aromatic heterocycles. The zero-order valence-electron chi connectivity index (χ0n) is 9.02. The number of pyridine rings is 1. The molecule has 4 nitrogen and oxygen atoms in total. The lowest BCUT2D eigenvalue weighted by Gasteiger charge is -2.06. The third kappa shape index (κ3) is 1.58. The number of Topliss-reactive ketones (excluding diaryl/α,β-unsaturated/α-hetero) is 1. The second-order valence-corrected chi connectivity index (χ2v) is 3.44. The topological polar surface area (TPSA) is 59.4 Å². The highest BCUT2D eigenvalue weighted by Crippen LogP contribution is 2.28. The van der Waals surface area contributed by atoms with Crippen molar-refractivity contribution < 1.29 is 14.6 Å². The van der Waals surface area contributed by atoms with E-state index in [9.17, 15) is 9.90 Å². The van der Waals surface area contributed by atoms with Crippen LogP contribution in [0.25, 0.3) is 10.9 Å². The van der Waals surface area contributed by atoms with E-state index in [4.69, 9.17) is 4.74 Å². The summed E-state index contributed by atoms with van der Waals surface area (Å²) in [7, 11) is 1.54. The Hall–Kier alpha value is -2.10. The van der Waals surface area contributed by atoms with Crippen LogP contribution in [0.3, 0.4) is 0 Å². The van der Waals surface area contributed by atoms with Crippen molar-refractivity contribution in [1.82, 2.24) is 4.98 Å². The number of carbonyl (C=O) groups excluding carboxylic acids is 1. The number of benzene rings is 1. The summed E-state index contributed by atoms with van der Waals surface area (Å²) in [5, 5.41) is 10.4. The third-order valence-electron chi connectivity index (χ3n) is 2.34. The Morgan fingerprint density at radius 1 is 1.44 bits per heavy atom. The molecule has 2 rings (SSSR count). The smallest absolute Gasteiger partial charge is 0.181 e.